The lowest BCUT2D eigenvalue weighted by atomic mass is 10.2. The topological polar surface area (TPSA) is 132 Å². The number of H-pyrrole nitrogens is 1. The zero-order valence-electron chi connectivity index (χ0n) is 15.1. The van der Waals surface area contributed by atoms with Crippen molar-refractivity contribution in [3.05, 3.63) is 55.4 Å². The van der Waals surface area contributed by atoms with E-state index < -0.39 is 22.1 Å². The Morgan fingerprint density at radius 1 is 1.36 bits per heavy atom. The summed E-state index contributed by atoms with van der Waals surface area (Å²) in [5.74, 6) is -0.622. The lowest BCUT2D eigenvalue weighted by molar-refractivity contribution is 0.0320. The van der Waals surface area contributed by atoms with Gasteiger partial charge in [-0.15, -0.1) is 11.3 Å². The van der Waals surface area contributed by atoms with Crippen molar-refractivity contribution in [1.29, 1.82) is 0 Å². The van der Waals surface area contributed by atoms with Crippen molar-refractivity contribution in [2.75, 3.05) is 0 Å². The summed E-state index contributed by atoms with van der Waals surface area (Å²) in [5, 5.41) is 5.50. The maximum absolute atomic E-state index is 12.4. The Hall–Kier alpha value is -2.27. The first-order valence-corrected chi connectivity index (χ1v) is 10.8. The summed E-state index contributed by atoms with van der Waals surface area (Å²) in [5.41, 5.74) is 0.501. The zero-order valence-corrected chi connectivity index (χ0v) is 17.5. The van der Waals surface area contributed by atoms with Crippen molar-refractivity contribution >= 4 is 49.1 Å². The first-order chi connectivity index (χ1) is 13.0. The van der Waals surface area contributed by atoms with Crippen molar-refractivity contribution < 1.29 is 17.9 Å². The molecule has 0 unspecified atom stereocenters. The number of hydrogen-bond acceptors (Lipinski definition) is 7. The summed E-state index contributed by atoms with van der Waals surface area (Å²) in [6, 6.07) is 3.60. The van der Waals surface area contributed by atoms with Crippen LogP contribution in [0.5, 0.6) is 0 Å². The number of primary sulfonamides is 1. The molecule has 0 aliphatic carbocycles. The largest absolute Gasteiger partial charge is 0.451 e. The molecule has 1 aromatic carbocycles. The number of carbonyl (C=O) groups is 1. The third-order valence-corrected chi connectivity index (χ3v) is 6.69. The molecule has 8 nitrogen and oxygen atoms in total. The number of aryl methyl sites for hydroxylation is 2. The Morgan fingerprint density at radius 2 is 2.04 bits per heavy atom. The van der Waals surface area contributed by atoms with E-state index in [1.165, 1.54) is 23.5 Å². The van der Waals surface area contributed by atoms with Gasteiger partial charge in [-0.05, 0) is 44.5 Å². The third kappa shape index (κ3) is 3.81. The molecule has 2 heterocycles. The normalized spacial score (nSPS) is 12.9. The molecular formula is C17H16ClN3O5S2. The van der Waals surface area contributed by atoms with E-state index in [4.69, 9.17) is 21.5 Å². The number of nitrogens with one attached hydrogen (secondary N) is 1. The maximum atomic E-state index is 12.4. The van der Waals surface area contributed by atoms with E-state index in [2.05, 4.69) is 9.97 Å². The summed E-state index contributed by atoms with van der Waals surface area (Å²) >= 11 is 7.19. The van der Waals surface area contributed by atoms with Crippen molar-refractivity contribution in [2.24, 2.45) is 5.14 Å². The van der Waals surface area contributed by atoms with Gasteiger partial charge in [0.25, 0.3) is 5.56 Å². The Morgan fingerprint density at radius 3 is 2.68 bits per heavy atom. The van der Waals surface area contributed by atoms with Crippen LogP contribution in [-0.4, -0.2) is 24.4 Å². The first-order valence-electron chi connectivity index (χ1n) is 8.02. The van der Waals surface area contributed by atoms with Crippen LogP contribution < -0.4 is 10.7 Å². The summed E-state index contributed by atoms with van der Waals surface area (Å²) < 4.78 is 28.4. The van der Waals surface area contributed by atoms with Gasteiger partial charge in [0, 0.05) is 4.88 Å². The highest BCUT2D eigenvalue weighted by molar-refractivity contribution is 7.89. The van der Waals surface area contributed by atoms with Gasteiger partial charge in [0.2, 0.25) is 10.0 Å². The number of esters is 1. The lowest BCUT2D eigenvalue weighted by Crippen LogP contribution is -2.18. The number of carbonyl (C=O) groups excluding carboxylic acids is 1. The van der Waals surface area contributed by atoms with Crippen LogP contribution >= 0.6 is 22.9 Å². The van der Waals surface area contributed by atoms with Gasteiger partial charge in [-0.2, -0.15) is 0 Å². The Kier molecular flexibility index (Phi) is 5.32. The molecular weight excluding hydrogens is 426 g/mol. The molecule has 11 heteroatoms. The van der Waals surface area contributed by atoms with E-state index in [0.29, 0.717) is 10.2 Å². The highest BCUT2D eigenvalue weighted by Crippen LogP contribution is 2.27. The second-order valence-electron chi connectivity index (χ2n) is 6.15. The van der Waals surface area contributed by atoms with Gasteiger partial charge in [-0.1, -0.05) is 11.6 Å². The molecule has 0 saturated heterocycles. The fraction of sp³-hybridized carbons (Fsp3) is 0.235. The van der Waals surface area contributed by atoms with Gasteiger partial charge in [0.05, 0.1) is 16.0 Å². The summed E-state index contributed by atoms with van der Waals surface area (Å²) in [6.07, 6.45) is -0.874. The van der Waals surface area contributed by atoms with Crippen LogP contribution in [0.15, 0.2) is 27.9 Å². The predicted molar refractivity (Wildman–Crippen MR) is 106 cm³/mol. The molecule has 148 valence electrons. The van der Waals surface area contributed by atoms with Crippen molar-refractivity contribution in [1.82, 2.24) is 9.97 Å². The standard InChI is InChI=1S/C17H16ClN3O5S2/c1-7-9(3)27-16-13(7)15(22)20-14(21-16)8(2)26-17(23)10-4-5-11(18)12(6-10)28(19,24)25/h4-6,8H,1-3H3,(H2,19,24,25)(H,20,21,22)/t8-/m1/s1. The number of halogens is 1. The first kappa shape index (κ1) is 20.5. The molecule has 0 bridgehead atoms. The van der Waals surface area contributed by atoms with Crippen LogP contribution in [-0.2, 0) is 14.8 Å². The van der Waals surface area contributed by atoms with Crippen molar-refractivity contribution in [3.63, 3.8) is 0 Å². The quantitative estimate of drug-likeness (QED) is 0.598. The van der Waals surface area contributed by atoms with E-state index >= 15 is 0 Å². The Balaban J connectivity index is 1.91. The Labute approximate surface area is 169 Å². The minimum Gasteiger partial charge on any atom is -0.451 e. The molecule has 0 fully saturated rings. The highest BCUT2D eigenvalue weighted by atomic mass is 35.5. The minimum atomic E-state index is -4.10. The number of hydrogen-bond donors (Lipinski definition) is 2. The number of aromatic nitrogens is 2. The number of ether oxygens (including phenoxy) is 1. The number of sulfonamides is 1. The maximum Gasteiger partial charge on any atom is 0.338 e. The Bertz CT molecular complexity index is 1260. The second-order valence-corrected chi connectivity index (χ2v) is 9.29. The molecule has 0 saturated carbocycles. The van der Waals surface area contributed by atoms with Gasteiger partial charge in [-0.25, -0.2) is 23.3 Å². The van der Waals surface area contributed by atoms with Crippen molar-refractivity contribution in [2.45, 2.75) is 31.8 Å². The molecule has 0 aliphatic heterocycles. The number of nitrogens with two attached hydrogens (primary N) is 1. The number of aromatic amines is 1. The molecule has 3 N–H and O–H groups in total. The van der Waals surface area contributed by atoms with Crippen LogP contribution in [0.25, 0.3) is 10.2 Å². The molecule has 3 rings (SSSR count). The average molecular weight is 442 g/mol. The number of nitrogens with zero attached hydrogens (tertiary/aromatic N) is 1. The third-order valence-electron chi connectivity index (χ3n) is 4.20. The number of benzene rings is 1. The van der Waals surface area contributed by atoms with Gasteiger partial charge >= 0.3 is 5.97 Å². The van der Waals surface area contributed by atoms with E-state index in [0.717, 1.165) is 16.5 Å². The monoisotopic (exact) mass is 441 g/mol. The lowest BCUT2D eigenvalue weighted by Gasteiger charge is -2.13. The predicted octanol–water partition coefficient (Wildman–Crippen LogP) is 2.82. The molecule has 0 spiro atoms. The zero-order chi connectivity index (χ0) is 20.8. The fourth-order valence-corrected chi connectivity index (χ4v) is 4.70. The molecule has 0 amide bonds. The molecule has 0 radical (unpaired) electrons. The fourth-order valence-electron chi connectivity index (χ4n) is 2.60. The molecule has 28 heavy (non-hydrogen) atoms. The van der Waals surface area contributed by atoms with Crippen molar-refractivity contribution in [3.8, 4) is 0 Å². The van der Waals surface area contributed by atoms with Crippen LogP contribution in [0.3, 0.4) is 0 Å². The van der Waals surface area contributed by atoms with Crippen LogP contribution in [0.1, 0.15) is 39.7 Å². The van der Waals surface area contributed by atoms with E-state index in [-0.39, 0.29) is 26.9 Å². The van der Waals surface area contributed by atoms with Gasteiger partial charge < -0.3 is 9.72 Å². The van der Waals surface area contributed by atoms with Crippen LogP contribution in [0.4, 0.5) is 0 Å². The van der Waals surface area contributed by atoms with Crippen LogP contribution in [0, 0.1) is 13.8 Å². The molecule has 2 aromatic heterocycles. The summed E-state index contributed by atoms with van der Waals surface area (Å²) in [6.45, 7) is 5.29. The second kappa shape index (κ2) is 7.28. The summed E-state index contributed by atoms with van der Waals surface area (Å²) in [7, 11) is -4.10. The highest BCUT2D eigenvalue weighted by Gasteiger charge is 2.21. The molecule has 3 aromatic rings. The van der Waals surface area contributed by atoms with Crippen LogP contribution in [0.2, 0.25) is 5.02 Å². The number of rotatable bonds is 4. The number of fused-ring (bicyclic) bond motifs is 1. The van der Waals surface area contributed by atoms with E-state index in [1.54, 1.807) is 6.92 Å². The SMILES string of the molecule is Cc1sc2nc([C@@H](C)OC(=O)c3ccc(Cl)c(S(N)(=O)=O)c3)[nH]c(=O)c2c1C. The van der Waals surface area contributed by atoms with Gasteiger partial charge in [0.15, 0.2) is 11.9 Å². The van der Waals surface area contributed by atoms with E-state index in [1.807, 2.05) is 13.8 Å². The molecule has 1 atom stereocenters. The minimum absolute atomic E-state index is 0.0495. The number of thiophene rings is 1. The smallest absolute Gasteiger partial charge is 0.338 e. The average Bonchev–Trinajstić information content (AvgIpc) is 2.88. The van der Waals surface area contributed by atoms with Gasteiger partial charge in [0.1, 0.15) is 9.73 Å². The molecule has 0 aliphatic rings. The van der Waals surface area contributed by atoms with Gasteiger partial charge in [-0.3, -0.25) is 4.79 Å². The van der Waals surface area contributed by atoms with E-state index in [9.17, 15) is 18.0 Å². The summed E-state index contributed by atoms with van der Waals surface area (Å²) in [4.78, 5) is 32.9.